The normalized spacial score (nSPS) is 10.5. The summed E-state index contributed by atoms with van der Waals surface area (Å²) in [6.45, 7) is 3.75. The first kappa shape index (κ1) is 17.5. The van der Waals surface area contributed by atoms with Crippen LogP contribution in [0.15, 0.2) is 29.6 Å². The molecule has 1 aromatic heterocycles. The summed E-state index contributed by atoms with van der Waals surface area (Å²) in [4.78, 5) is 38.2. The number of rotatable bonds is 6. The predicted molar refractivity (Wildman–Crippen MR) is 90.3 cm³/mol. The van der Waals surface area contributed by atoms with E-state index in [2.05, 4.69) is 15.6 Å². The standard InChI is InChI=1S/C15H16N4O4S/c1-9(2)12-8-24-15(17-12)18-13(20)7-16-14(21)10-4-3-5-11(6-10)19(22)23/h3-6,8-9H,7H2,1-2H3,(H,16,21)(H,17,18,20). The van der Waals surface area contributed by atoms with Crippen molar-refractivity contribution in [3.8, 4) is 0 Å². The molecule has 0 radical (unpaired) electrons. The number of benzene rings is 1. The van der Waals surface area contributed by atoms with Gasteiger partial charge in [-0.2, -0.15) is 0 Å². The number of anilines is 1. The van der Waals surface area contributed by atoms with Gasteiger partial charge >= 0.3 is 0 Å². The highest BCUT2D eigenvalue weighted by atomic mass is 32.1. The summed E-state index contributed by atoms with van der Waals surface area (Å²) in [5.74, 6) is -0.713. The van der Waals surface area contributed by atoms with Crippen molar-refractivity contribution in [1.29, 1.82) is 0 Å². The maximum absolute atomic E-state index is 11.9. The van der Waals surface area contributed by atoms with E-state index < -0.39 is 16.7 Å². The van der Waals surface area contributed by atoms with Crippen molar-refractivity contribution >= 4 is 34.0 Å². The third-order valence-electron chi connectivity index (χ3n) is 3.09. The second-order valence-electron chi connectivity index (χ2n) is 5.27. The van der Waals surface area contributed by atoms with Crippen molar-refractivity contribution in [2.75, 3.05) is 11.9 Å². The first-order valence-corrected chi connectivity index (χ1v) is 8.02. The number of aromatic nitrogens is 1. The number of nitro groups is 1. The molecular weight excluding hydrogens is 332 g/mol. The predicted octanol–water partition coefficient (Wildman–Crippen LogP) is 2.54. The van der Waals surface area contributed by atoms with Gasteiger partial charge in [-0.15, -0.1) is 11.3 Å². The molecule has 0 aliphatic rings. The number of non-ortho nitro benzene ring substituents is 1. The molecule has 9 heteroatoms. The number of amides is 2. The van der Waals surface area contributed by atoms with Gasteiger partial charge in [0.2, 0.25) is 5.91 Å². The molecule has 2 aromatic rings. The van der Waals surface area contributed by atoms with Gasteiger partial charge in [-0.3, -0.25) is 19.7 Å². The molecule has 1 heterocycles. The van der Waals surface area contributed by atoms with Crippen LogP contribution >= 0.6 is 11.3 Å². The quantitative estimate of drug-likeness (QED) is 0.615. The molecule has 2 N–H and O–H groups in total. The van der Waals surface area contributed by atoms with Gasteiger partial charge in [0, 0.05) is 23.1 Å². The lowest BCUT2D eigenvalue weighted by Crippen LogP contribution is -2.32. The summed E-state index contributed by atoms with van der Waals surface area (Å²) in [5.41, 5.74) is 0.820. The number of nitro benzene ring substituents is 1. The minimum atomic E-state index is -0.585. The summed E-state index contributed by atoms with van der Waals surface area (Å²) in [7, 11) is 0. The maximum atomic E-state index is 11.9. The highest BCUT2D eigenvalue weighted by Crippen LogP contribution is 2.21. The number of nitrogens with one attached hydrogen (secondary N) is 2. The summed E-state index contributed by atoms with van der Waals surface area (Å²) >= 11 is 1.31. The minimum absolute atomic E-state index is 0.119. The second kappa shape index (κ2) is 7.64. The average Bonchev–Trinajstić information content (AvgIpc) is 3.01. The number of carbonyl (C=O) groups excluding carboxylic acids is 2. The zero-order chi connectivity index (χ0) is 17.7. The van der Waals surface area contributed by atoms with Crippen LogP contribution in [0.4, 0.5) is 10.8 Å². The Morgan fingerprint density at radius 3 is 2.75 bits per heavy atom. The van der Waals surface area contributed by atoms with Crippen LogP contribution in [-0.2, 0) is 4.79 Å². The topological polar surface area (TPSA) is 114 Å². The summed E-state index contributed by atoms with van der Waals surface area (Å²) in [6, 6.07) is 5.30. The molecule has 126 valence electrons. The van der Waals surface area contributed by atoms with Crippen LogP contribution < -0.4 is 10.6 Å². The van der Waals surface area contributed by atoms with Crippen molar-refractivity contribution in [3.63, 3.8) is 0 Å². The van der Waals surface area contributed by atoms with Crippen molar-refractivity contribution in [2.45, 2.75) is 19.8 Å². The fraction of sp³-hybridized carbons (Fsp3) is 0.267. The van der Waals surface area contributed by atoms with E-state index in [1.165, 1.54) is 29.5 Å². The highest BCUT2D eigenvalue weighted by Gasteiger charge is 2.13. The smallest absolute Gasteiger partial charge is 0.270 e. The Kier molecular flexibility index (Phi) is 5.59. The Labute approximate surface area is 142 Å². The molecule has 0 bridgehead atoms. The van der Waals surface area contributed by atoms with Gasteiger partial charge in [0.25, 0.3) is 11.6 Å². The van der Waals surface area contributed by atoms with E-state index >= 15 is 0 Å². The summed E-state index contributed by atoms with van der Waals surface area (Å²) in [6.07, 6.45) is 0. The molecule has 0 spiro atoms. The van der Waals surface area contributed by atoms with Gasteiger partial charge in [0.05, 0.1) is 17.2 Å². The van der Waals surface area contributed by atoms with Crippen LogP contribution in [0.2, 0.25) is 0 Å². The zero-order valence-corrected chi connectivity index (χ0v) is 13.9. The van der Waals surface area contributed by atoms with E-state index in [0.29, 0.717) is 5.13 Å². The maximum Gasteiger partial charge on any atom is 0.270 e. The van der Waals surface area contributed by atoms with Crippen LogP contribution in [-0.4, -0.2) is 28.3 Å². The first-order valence-electron chi connectivity index (χ1n) is 7.14. The van der Waals surface area contributed by atoms with Gasteiger partial charge in [0.15, 0.2) is 5.13 Å². The number of hydrogen-bond acceptors (Lipinski definition) is 6. The lowest BCUT2D eigenvalue weighted by Gasteiger charge is -2.05. The van der Waals surface area contributed by atoms with E-state index in [1.54, 1.807) is 0 Å². The molecule has 0 saturated heterocycles. The summed E-state index contributed by atoms with van der Waals surface area (Å²) in [5, 5.41) is 18.0. The zero-order valence-electron chi connectivity index (χ0n) is 13.1. The van der Waals surface area contributed by atoms with Crippen molar-refractivity contribution < 1.29 is 14.5 Å². The molecule has 0 aliphatic heterocycles. The Hall–Kier alpha value is -2.81. The van der Waals surface area contributed by atoms with Crippen LogP contribution in [0.5, 0.6) is 0 Å². The molecule has 0 fully saturated rings. The number of carbonyl (C=O) groups is 2. The van der Waals surface area contributed by atoms with E-state index in [9.17, 15) is 19.7 Å². The van der Waals surface area contributed by atoms with E-state index in [1.807, 2.05) is 19.2 Å². The fourth-order valence-electron chi connectivity index (χ4n) is 1.80. The van der Waals surface area contributed by atoms with Crippen LogP contribution in [0, 0.1) is 10.1 Å². The van der Waals surface area contributed by atoms with Crippen molar-refractivity contribution in [2.24, 2.45) is 0 Å². The van der Waals surface area contributed by atoms with Gasteiger partial charge in [-0.25, -0.2) is 4.98 Å². The second-order valence-corrected chi connectivity index (χ2v) is 6.13. The molecule has 0 atom stereocenters. The highest BCUT2D eigenvalue weighted by molar-refractivity contribution is 7.13. The van der Waals surface area contributed by atoms with E-state index in [0.717, 1.165) is 11.8 Å². The van der Waals surface area contributed by atoms with Gasteiger partial charge in [-0.1, -0.05) is 19.9 Å². The molecule has 0 aliphatic carbocycles. The van der Waals surface area contributed by atoms with E-state index in [4.69, 9.17) is 0 Å². The van der Waals surface area contributed by atoms with Crippen molar-refractivity contribution in [1.82, 2.24) is 10.3 Å². The van der Waals surface area contributed by atoms with E-state index in [-0.39, 0.29) is 23.7 Å². The third-order valence-corrected chi connectivity index (χ3v) is 3.86. The lowest BCUT2D eigenvalue weighted by atomic mass is 10.2. The van der Waals surface area contributed by atoms with Gasteiger partial charge in [0.1, 0.15) is 0 Å². The Morgan fingerprint density at radius 1 is 1.38 bits per heavy atom. The molecule has 24 heavy (non-hydrogen) atoms. The van der Waals surface area contributed by atoms with Crippen LogP contribution in [0.3, 0.4) is 0 Å². The van der Waals surface area contributed by atoms with Crippen LogP contribution in [0.1, 0.15) is 35.8 Å². The molecule has 1 aromatic carbocycles. The summed E-state index contributed by atoms with van der Waals surface area (Å²) < 4.78 is 0. The fourth-order valence-corrected chi connectivity index (χ4v) is 2.68. The Morgan fingerprint density at radius 2 is 2.12 bits per heavy atom. The number of nitrogens with zero attached hydrogens (tertiary/aromatic N) is 2. The van der Waals surface area contributed by atoms with Crippen LogP contribution in [0.25, 0.3) is 0 Å². The molecule has 2 rings (SSSR count). The molecule has 8 nitrogen and oxygen atoms in total. The average molecular weight is 348 g/mol. The Bertz CT molecular complexity index is 772. The Balaban J connectivity index is 1.90. The largest absolute Gasteiger partial charge is 0.343 e. The van der Waals surface area contributed by atoms with Gasteiger partial charge < -0.3 is 10.6 Å². The van der Waals surface area contributed by atoms with Gasteiger partial charge in [-0.05, 0) is 12.0 Å². The first-order chi connectivity index (χ1) is 11.4. The monoisotopic (exact) mass is 348 g/mol. The molecule has 0 unspecified atom stereocenters. The third kappa shape index (κ3) is 4.59. The minimum Gasteiger partial charge on any atom is -0.343 e. The molecule has 2 amide bonds. The number of thiazole rings is 1. The molecule has 0 saturated carbocycles. The SMILES string of the molecule is CC(C)c1csc(NC(=O)CNC(=O)c2cccc([N+](=O)[O-])c2)n1. The number of hydrogen-bond donors (Lipinski definition) is 2. The lowest BCUT2D eigenvalue weighted by molar-refractivity contribution is -0.384. The molecular formula is C15H16N4O4S. The van der Waals surface area contributed by atoms with Crippen molar-refractivity contribution in [3.05, 3.63) is 51.0 Å².